The Labute approximate surface area is 195 Å². The Balaban J connectivity index is 1.63. The molecule has 1 heterocycles. The van der Waals surface area contributed by atoms with Gasteiger partial charge in [0.15, 0.2) is 5.75 Å². The van der Waals surface area contributed by atoms with Crippen LogP contribution in [0, 0.1) is 5.92 Å². The number of nitrogens with one attached hydrogen (secondary N) is 2. The van der Waals surface area contributed by atoms with Crippen molar-refractivity contribution in [3.05, 3.63) is 52.7 Å². The molecule has 8 nitrogen and oxygen atoms in total. The van der Waals surface area contributed by atoms with Crippen molar-refractivity contribution in [2.45, 2.75) is 25.9 Å². The van der Waals surface area contributed by atoms with Crippen molar-refractivity contribution in [3.63, 3.8) is 0 Å². The van der Waals surface area contributed by atoms with Gasteiger partial charge in [-0.25, -0.2) is 0 Å². The van der Waals surface area contributed by atoms with Crippen molar-refractivity contribution >= 4 is 40.4 Å². The molecule has 2 aromatic rings. The number of rotatable bonds is 5. The fourth-order valence-corrected chi connectivity index (χ4v) is 4.51. The standard InChI is InChI=1S/C24H23ClN2O6/c1-12-9-16(27-15-7-5-14(6-8-15)26-13(2)28)10-19(29)24(12)23(30)20-17(31-3)11-18(32-4)21(25)22(20)33-24/h5-8,10-12,27H,9H2,1-4H3,(H,26,28). The van der Waals surface area contributed by atoms with Gasteiger partial charge in [-0.15, -0.1) is 0 Å². The van der Waals surface area contributed by atoms with Crippen molar-refractivity contribution in [3.8, 4) is 17.2 Å². The number of anilines is 2. The van der Waals surface area contributed by atoms with Gasteiger partial charge in [0.25, 0.3) is 0 Å². The Hall–Kier alpha value is -3.52. The first-order valence-electron chi connectivity index (χ1n) is 10.3. The summed E-state index contributed by atoms with van der Waals surface area (Å²) < 4.78 is 16.7. The number of amides is 1. The fourth-order valence-electron chi connectivity index (χ4n) is 4.24. The second kappa shape index (κ2) is 8.44. The van der Waals surface area contributed by atoms with Crippen LogP contribution in [0.2, 0.25) is 5.02 Å². The molecule has 1 spiro atoms. The smallest absolute Gasteiger partial charge is 0.236 e. The lowest BCUT2D eigenvalue weighted by molar-refractivity contribution is -0.129. The molecule has 0 fully saturated rings. The molecule has 1 aliphatic heterocycles. The Kier molecular flexibility index (Phi) is 5.80. The summed E-state index contributed by atoms with van der Waals surface area (Å²) in [6.07, 6.45) is 1.78. The minimum Gasteiger partial charge on any atom is -0.496 e. The Morgan fingerprint density at radius 1 is 1.12 bits per heavy atom. The van der Waals surface area contributed by atoms with Gasteiger partial charge in [-0.1, -0.05) is 18.5 Å². The molecule has 0 radical (unpaired) electrons. The van der Waals surface area contributed by atoms with Crippen molar-refractivity contribution in [2.24, 2.45) is 5.92 Å². The zero-order valence-electron chi connectivity index (χ0n) is 18.6. The molecule has 2 atom stereocenters. The first-order chi connectivity index (χ1) is 15.7. The summed E-state index contributed by atoms with van der Waals surface area (Å²) >= 11 is 6.40. The third kappa shape index (κ3) is 3.70. The molecule has 2 aromatic carbocycles. The van der Waals surface area contributed by atoms with E-state index in [0.29, 0.717) is 17.8 Å². The van der Waals surface area contributed by atoms with Crippen LogP contribution in [0.3, 0.4) is 0 Å². The molecular weight excluding hydrogens is 448 g/mol. The Bertz CT molecular complexity index is 1190. The van der Waals surface area contributed by atoms with E-state index in [2.05, 4.69) is 10.6 Å². The van der Waals surface area contributed by atoms with Crippen LogP contribution in [-0.2, 0) is 9.59 Å². The molecular formula is C24H23ClN2O6. The van der Waals surface area contributed by atoms with E-state index in [-0.39, 0.29) is 33.7 Å². The molecule has 1 aliphatic carbocycles. The summed E-state index contributed by atoms with van der Waals surface area (Å²) in [5, 5.41) is 6.02. The first kappa shape index (κ1) is 22.7. The molecule has 9 heteroatoms. The van der Waals surface area contributed by atoms with Gasteiger partial charge in [0, 0.05) is 42.1 Å². The predicted molar refractivity (Wildman–Crippen MR) is 123 cm³/mol. The number of Topliss-reactive ketones (excluding diaryl/α,β-unsaturated/α-hetero) is 1. The minimum absolute atomic E-state index is 0.0939. The van der Waals surface area contributed by atoms with E-state index in [1.54, 1.807) is 31.2 Å². The van der Waals surface area contributed by atoms with Gasteiger partial charge >= 0.3 is 0 Å². The molecule has 33 heavy (non-hydrogen) atoms. The van der Waals surface area contributed by atoms with Crippen molar-refractivity contribution in [1.82, 2.24) is 0 Å². The molecule has 4 rings (SSSR count). The van der Waals surface area contributed by atoms with E-state index in [9.17, 15) is 14.4 Å². The summed E-state index contributed by atoms with van der Waals surface area (Å²) in [4.78, 5) is 38.0. The Morgan fingerprint density at radius 3 is 2.33 bits per heavy atom. The van der Waals surface area contributed by atoms with Crippen LogP contribution in [0.25, 0.3) is 0 Å². The minimum atomic E-state index is -1.72. The number of hydrogen-bond donors (Lipinski definition) is 2. The fraction of sp³-hybridized carbons (Fsp3) is 0.292. The predicted octanol–water partition coefficient (Wildman–Crippen LogP) is 4.23. The van der Waals surface area contributed by atoms with Gasteiger partial charge in [-0.2, -0.15) is 0 Å². The van der Waals surface area contributed by atoms with E-state index in [0.717, 1.165) is 5.69 Å². The van der Waals surface area contributed by atoms with Crippen LogP contribution in [0.1, 0.15) is 30.6 Å². The highest BCUT2D eigenvalue weighted by atomic mass is 35.5. The number of allylic oxidation sites excluding steroid dienone is 1. The number of carbonyl (C=O) groups excluding carboxylic acids is 3. The van der Waals surface area contributed by atoms with E-state index < -0.39 is 23.1 Å². The van der Waals surface area contributed by atoms with Crippen molar-refractivity contribution < 1.29 is 28.6 Å². The average Bonchev–Trinajstić information content (AvgIpc) is 3.09. The molecule has 2 aliphatic rings. The van der Waals surface area contributed by atoms with Crippen LogP contribution in [0.5, 0.6) is 17.2 Å². The van der Waals surface area contributed by atoms with Gasteiger partial charge in [0.05, 0.1) is 14.2 Å². The van der Waals surface area contributed by atoms with Crippen LogP contribution >= 0.6 is 11.6 Å². The molecule has 0 bridgehead atoms. The van der Waals surface area contributed by atoms with E-state index in [1.165, 1.54) is 33.3 Å². The highest BCUT2D eigenvalue weighted by Crippen LogP contribution is 2.53. The number of benzene rings is 2. The van der Waals surface area contributed by atoms with Gasteiger partial charge in [0.1, 0.15) is 22.1 Å². The zero-order valence-corrected chi connectivity index (χ0v) is 19.3. The van der Waals surface area contributed by atoms with Crippen LogP contribution in [0.15, 0.2) is 42.1 Å². The first-order valence-corrected chi connectivity index (χ1v) is 10.7. The Morgan fingerprint density at radius 2 is 1.76 bits per heavy atom. The van der Waals surface area contributed by atoms with Gasteiger partial charge in [-0.05, 0) is 30.7 Å². The van der Waals surface area contributed by atoms with Crippen LogP contribution < -0.4 is 24.8 Å². The third-order valence-corrected chi connectivity index (χ3v) is 6.18. The maximum absolute atomic E-state index is 13.5. The number of ether oxygens (including phenoxy) is 3. The summed E-state index contributed by atoms with van der Waals surface area (Å²) in [5.74, 6) is -0.983. The summed E-state index contributed by atoms with van der Waals surface area (Å²) in [5.41, 5.74) is 0.475. The number of ketones is 2. The van der Waals surface area contributed by atoms with Crippen LogP contribution in [-0.4, -0.2) is 37.3 Å². The number of fused-ring (bicyclic) bond motifs is 1. The topological polar surface area (TPSA) is 103 Å². The number of methoxy groups -OCH3 is 2. The highest BCUT2D eigenvalue weighted by molar-refractivity contribution is 6.36. The lowest BCUT2D eigenvalue weighted by Gasteiger charge is -2.35. The highest BCUT2D eigenvalue weighted by Gasteiger charge is 2.60. The third-order valence-electron chi connectivity index (χ3n) is 5.82. The monoisotopic (exact) mass is 470 g/mol. The van der Waals surface area contributed by atoms with Gasteiger partial charge in [-0.3, -0.25) is 14.4 Å². The molecule has 0 aromatic heterocycles. The van der Waals surface area contributed by atoms with Gasteiger partial charge < -0.3 is 24.8 Å². The van der Waals surface area contributed by atoms with E-state index in [4.69, 9.17) is 25.8 Å². The van der Waals surface area contributed by atoms with Gasteiger partial charge in [0.2, 0.25) is 23.1 Å². The lowest BCUT2D eigenvalue weighted by atomic mass is 9.74. The maximum atomic E-state index is 13.5. The molecule has 2 N–H and O–H groups in total. The average molecular weight is 471 g/mol. The summed E-state index contributed by atoms with van der Waals surface area (Å²) in [6, 6.07) is 8.58. The quantitative estimate of drug-likeness (QED) is 0.630. The SMILES string of the molecule is COc1cc(OC)c2c(c1Cl)OC1(C(=O)C=C(Nc3ccc(NC(C)=O)cc3)CC1C)C2=O. The molecule has 1 amide bonds. The normalized spacial score (nSPS) is 21.2. The lowest BCUT2D eigenvalue weighted by Crippen LogP contribution is -2.55. The molecule has 0 saturated heterocycles. The van der Waals surface area contributed by atoms with Crippen molar-refractivity contribution in [1.29, 1.82) is 0 Å². The maximum Gasteiger partial charge on any atom is 0.236 e. The molecule has 0 saturated carbocycles. The zero-order chi connectivity index (χ0) is 23.9. The van der Waals surface area contributed by atoms with Crippen molar-refractivity contribution in [2.75, 3.05) is 24.9 Å². The second-order valence-electron chi connectivity index (χ2n) is 7.99. The number of halogens is 1. The molecule has 2 unspecified atom stereocenters. The van der Waals surface area contributed by atoms with E-state index >= 15 is 0 Å². The van der Waals surface area contributed by atoms with E-state index in [1.807, 2.05) is 0 Å². The molecule has 172 valence electrons. The second-order valence-corrected chi connectivity index (χ2v) is 8.37. The summed E-state index contributed by atoms with van der Waals surface area (Å²) in [6.45, 7) is 3.22. The number of carbonyl (C=O) groups is 3. The van der Waals surface area contributed by atoms with Crippen LogP contribution in [0.4, 0.5) is 11.4 Å². The number of hydrogen-bond acceptors (Lipinski definition) is 7. The largest absolute Gasteiger partial charge is 0.496 e. The summed E-state index contributed by atoms with van der Waals surface area (Å²) in [7, 11) is 2.86.